The molecular formula is C16H20N2O3. The molecule has 1 saturated heterocycles. The van der Waals surface area contributed by atoms with Crippen molar-refractivity contribution in [3.63, 3.8) is 0 Å². The van der Waals surface area contributed by atoms with Gasteiger partial charge in [0.1, 0.15) is 12.6 Å². The highest BCUT2D eigenvalue weighted by molar-refractivity contribution is 6.04. The lowest BCUT2D eigenvalue weighted by atomic mass is 10.1. The topological polar surface area (TPSA) is 66.5 Å². The Morgan fingerprint density at radius 1 is 1.29 bits per heavy atom. The van der Waals surface area contributed by atoms with Gasteiger partial charge in [-0.3, -0.25) is 19.7 Å². The molecular weight excluding hydrogens is 268 g/mol. The predicted octanol–water partition coefficient (Wildman–Crippen LogP) is 1.27. The highest BCUT2D eigenvalue weighted by atomic mass is 16.2. The van der Waals surface area contributed by atoms with E-state index in [4.69, 9.17) is 0 Å². The van der Waals surface area contributed by atoms with Gasteiger partial charge >= 0.3 is 0 Å². The highest BCUT2D eigenvalue weighted by Crippen LogP contribution is 2.13. The van der Waals surface area contributed by atoms with Crippen LogP contribution in [0.4, 0.5) is 0 Å². The number of rotatable bonds is 5. The van der Waals surface area contributed by atoms with E-state index in [1.807, 2.05) is 37.3 Å². The normalized spacial score (nSPS) is 18.5. The van der Waals surface area contributed by atoms with E-state index in [-0.39, 0.29) is 18.4 Å². The van der Waals surface area contributed by atoms with Crippen LogP contribution in [-0.2, 0) is 20.8 Å². The van der Waals surface area contributed by atoms with E-state index in [9.17, 15) is 14.4 Å². The van der Waals surface area contributed by atoms with E-state index in [1.165, 1.54) is 10.5 Å². The van der Waals surface area contributed by atoms with Crippen molar-refractivity contribution in [3.05, 3.63) is 35.9 Å². The number of carbonyl (C=O) groups is 3. The van der Waals surface area contributed by atoms with Crippen LogP contribution in [0.3, 0.4) is 0 Å². The second-order valence-corrected chi connectivity index (χ2v) is 5.20. The molecule has 1 aromatic rings. The smallest absolute Gasteiger partial charge is 0.249 e. The Morgan fingerprint density at radius 3 is 2.67 bits per heavy atom. The molecule has 0 saturated carbocycles. The molecule has 0 spiro atoms. The summed E-state index contributed by atoms with van der Waals surface area (Å²) in [5.41, 5.74) is 1.19. The highest BCUT2D eigenvalue weighted by Gasteiger charge is 2.34. The van der Waals surface area contributed by atoms with Gasteiger partial charge in [0, 0.05) is 6.42 Å². The first kappa shape index (κ1) is 15.2. The maximum Gasteiger partial charge on any atom is 0.249 e. The molecule has 0 aliphatic carbocycles. The van der Waals surface area contributed by atoms with E-state index < -0.39 is 11.9 Å². The number of imide groups is 1. The second-order valence-electron chi connectivity index (χ2n) is 5.20. The number of aryl methyl sites for hydroxylation is 1. The number of hydrogen-bond acceptors (Lipinski definition) is 3. The molecule has 21 heavy (non-hydrogen) atoms. The van der Waals surface area contributed by atoms with E-state index >= 15 is 0 Å². The molecule has 0 radical (unpaired) electrons. The van der Waals surface area contributed by atoms with Gasteiger partial charge in [-0.15, -0.1) is 0 Å². The van der Waals surface area contributed by atoms with Crippen LogP contribution >= 0.6 is 0 Å². The van der Waals surface area contributed by atoms with Crippen LogP contribution in [0.15, 0.2) is 30.3 Å². The molecule has 1 atom stereocenters. The average molecular weight is 288 g/mol. The number of amides is 3. The number of piperazine rings is 1. The Bertz CT molecular complexity index is 528. The van der Waals surface area contributed by atoms with Crippen molar-refractivity contribution in [3.8, 4) is 0 Å². The van der Waals surface area contributed by atoms with Gasteiger partial charge in [-0.25, -0.2) is 0 Å². The largest absolute Gasteiger partial charge is 0.321 e. The molecule has 1 N–H and O–H groups in total. The Morgan fingerprint density at radius 2 is 2.00 bits per heavy atom. The lowest BCUT2D eigenvalue weighted by molar-refractivity contribution is -0.150. The fourth-order valence-corrected chi connectivity index (χ4v) is 2.57. The van der Waals surface area contributed by atoms with Gasteiger partial charge < -0.3 is 4.90 Å². The van der Waals surface area contributed by atoms with Crippen molar-refractivity contribution in [2.45, 2.75) is 38.6 Å². The fourth-order valence-electron chi connectivity index (χ4n) is 2.57. The Balaban J connectivity index is 1.89. The maximum absolute atomic E-state index is 12.2. The molecule has 112 valence electrons. The monoisotopic (exact) mass is 288 g/mol. The third-order valence-corrected chi connectivity index (χ3v) is 3.66. The maximum atomic E-state index is 12.2. The zero-order chi connectivity index (χ0) is 15.2. The zero-order valence-electron chi connectivity index (χ0n) is 12.2. The third kappa shape index (κ3) is 3.90. The molecule has 0 aromatic heterocycles. The molecule has 0 bridgehead atoms. The van der Waals surface area contributed by atoms with Crippen molar-refractivity contribution >= 4 is 17.7 Å². The summed E-state index contributed by atoms with van der Waals surface area (Å²) in [6, 6.07) is 9.43. The van der Waals surface area contributed by atoms with Gasteiger partial charge in [0.15, 0.2) is 0 Å². The number of carbonyl (C=O) groups excluding carboxylic acids is 3. The van der Waals surface area contributed by atoms with E-state index in [0.717, 1.165) is 6.42 Å². The summed E-state index contributed by atoms with van der Waals surface area (Å²) >= 11 is 0. The summed E-state index contributed by atoms with van der Waals surface area (Å²) in [4.78, 5) is 36.8. The number of hydrogen-bond donors (Lipinski definition) is 1. The van der Waals surface area contributed by atoms with Crippen molar-refractivity contribution < 1.29 is 14.4 Å². The van der Waals surface area contributed by atoms with E-state index in [2.05, 4.69) is 5.32 Å². The van der Waals surface area contributed by atoms with Gasteiger partial charge in [-0.2, -0.15) is 0 Å². The van der Waals surface area contributed by atoms with Gasteiger partial charge in [-0.05, 0) is 24.8 Å². The Hall–Kier alpha value is -2.17. The molecule has 1 aliphatic rings. The first-order chi connectivity index (χ1) is 10.1. The quantitative estimate of drug-likeness (QED) is 0.830. The van der Waals surface area contributed by atoms with Crippen LogP contribution in [0.2, 0.25) is 0 Å². The number of nitrogens with zero attached hydrogens (tertiary/aromatic N) is 1. The fraction of sp³-hybridized carbons (Fsp3) is 0.438. The Labute approximate surface area is 124 Å². The van der Waals surface area contributed by atoms with Crippen LogP contribution in [0.1, 0.15) is 31.7 Å². The first-order valence-electron chi connectivity index (χ1n) is 7.29. The van der Waals surface area contributed by atoms with Gasteiger partial charge in [0.05, 0.1) is 0 Å². The second kappa shape index (κ2) is 7.02. The van der Waals surface area contributed by atoms with Crippen molar-refractivity contribution in [1.82, 2.24) is 10.2 Å². The molecule has 1 aliphatic heterocycles. The molecule has 5 nitrogen and oxygen atoms in total. The lowest BCUT2D eigenvalue weighted by Crippen LogP contribution is -2.59. The minimum Gasteiger partial charge on any atom is -0.321 e. The van der Waals surface area contributed by atoms with E-state index in [0.29, 0.717) is 19.3 Å². The minimum atomic E-state index is -0.521. The van der Waals surface area contributed by atoms with Crippen molar-refractivity contribution in [2.75, 3.05) is 6.54 Å². The van der Waals surface area contributed by atoms with Crippen molar-refractivity contribution in [2.24, 2.45) is 0 Å². The summed E-state index contributed by atoms with van der Waals surface area (Å²) in [5.74, 6) is -0.896. The van der Waals surface area contributed by atoms with Gasteiger partial charge in [-0.1, -0.05) is 37.3 Å². The number of benzene rings is 1. The molecule has 1 aromatic carbocycles. The minimum absolute atomic E-state index is 0.0194. The molecule has 1 heterocycles. The van der Waals surface area contributed by atoms with Crippen LogP contribution in [0.25, 0.3) is 0 Å². The SMILES string of the molecule is CCC1C(=O)NC(=O)CN1C(=O)CCCc1ccccc1. The third-order valence-electron chi connectivity index (χ3n) is 3.66. The Kier molecular flexibility index (Phi) is 5.09. The molecule has 3 amide bonds. The summed E-state index contributed by atoms with van der Waals surface area (Å²) < 4.78 is 0. The zero-order valence-corrected chi connectivity index (χ0v) is 12.2. The predicted molar refractivity (Wildman–Crippen MR) is 78.3 cm³/mol. The lowest BCUT2D eigenvalue weighted by Gasteiger charge is -2.33. The summed E-state index contributed by atoms with van der Waals surface area (Å²) in [7, 11) is 0. The summed E-state index contributed by atoms with van der Waals surface area (Å²) in [5, 5.41) is 2.28. The molecule has 1 fully saturated rings. The van der Waals surface area contributed by atoms with Crippen LogP contribution < -0.4 is 5.32 Å². The molecule has 5 heteroatoms. The van der Waals surface area contributed by atoms with Gasteiger partial charge in [0.25, 0.3) is 0 Å². The molecule has 1 unspecified atom stereocenters. The van der Waals surface area contributed by atoms with Crippen molar-refractivity contribution in [1.29, 1.82) is 0 Å². The average Bonchev–Trinajstić information content (AvgIpc) is 2.47. The van der Waals surface area contributed by atoms with Crippen LogP contribution in [0.5, 0.6) is 0 Å². The van der Waals surface area contributed by atoms with Gasteiger partial charge in [0.2, 0.25) is 17.7 Å². The van der Waals surface area contributed by atoms with Crippen LogP contribution in [-0.4, -0.2) is 35.2 Å². The molecule has 2 rings (SSSR count). The van der Waals surface area contributed by atoms with E-state index in [1.54, 1.807) is 0 Å². The first-order valence-corrected chi connectivity index (χ1v) is 7.29. The van der Waals surface area contributed by atoms with Crippen LogP contribution in [0, 0.1) is 0 Å². The summed E-state index contributed by atoms with van der Waals surface area (Å²) in [6.07, 6.45) is 2.40. The summed E-state index contributed by atoms with van der Waals surface area (Å²) in [6.45, 7) is 1.82. The standard InChI is InChI=1S/C16H20N2O3/c1-2-13-16(21)17-14(19)11-18(13)15(20)10-6-9-12-7-4-3-5-8-12/h3-5,7-8,13H,2,6,9-11H2,1H3,(H,17,19,21). The number of nitrogens with one attached hydrogen (secondary N) is 1.